The first-order chi connectivity index (χ1) is 13.6. The number of hydrogen-bond acceptors (Lipinski definition) is 14. The molecule has 0 unspecified atom stereocenters. The zero-order chi connectivity index (χ0) is 22.2. The molecule has 0 radical (unpaired) electrons. The number of thiocarbonyl (C=S) groups is 1. The minimum atomic E-state index is -0.985. The SMILES string of the molecule is C.NNC(N)=S.Nc1nnc(CSCc2nnc(N)s2)s1.O=C(O)CSCC(=O)O. The van der Waals surface area contributed by atoms with Gasteiger partial charge in [0.25, 0.3) is 0 Å². The predicted molar refractivity (Wildman–Crippen MR) is 127 cm³/mol. The maximum atomic E-state index is 9.77. The third-order valence-corrected chi connectivity index (χ3v) is 5.85. The van der Waals surface area contributed by atoms with Crippen molar-refractivity contribution in [2.75, 3.05) is 23.0 Å². The second-order valence-corrected chi connectivity index (χ2v) is 8.95. The zero-order valence-corrected chi connectivity index (χ0v) is 18.8. The highest BCUT2D eigenvalue weighted by atomic mass is 32.2. The molecule has 0 aromatic carbocycles. The maximum absolute atomic E-state index is 9.77. The van der Waals surface area contributed by atoms with Gasteiger partial charge in [-0.25, -0.2) is 5.84 Å². The van der Waals surface area contributed by atoms with Gasteiger partial charge in [0, 0.05) is 11.5 Å². The van der Waals surface area contributed by atoms with Gasteiger partial charge in [0.05, 0.1) is 11.5 Å². The summed E-state index contributed by atoms with van der Waals surface area (Å²) in [6.07, 6.45) is 0. The molecule has 0 aliphatic heterocycles. The summed E-state index contributed by atoms with van der Waals surface area (Å²) in [5.74, 6) is 3.96. The van der Waals surface area contributed by atoms with E-state index in [2.05, 4.69) is 38.5 Å². The van der Waals surface area contributed by atoms with Crippen LogP contribution in [-0.2, 0) is 21.1 Å². The minimum absolute atomic E-state index is 0. The fraction of sp³-hybridized carbons (Fsp3) is 0.417. The number of aliphatic carboxylic acids is 2. The van der Waals surface area contributed by atoms with Crippen LogP contribution < -0.4 is 28.5 Å². The Kier molecular flexibility index (Phi) is 18.0. The number of nitrogens with two attached hydrogens (primary N) is 4. The predicted octanol–water partition coefficient (Wildman–Crippen LogP) is 0.206. The van der Waals surface area contributed by atoms with E-state index in [0.717, 1.165) is 33.3 Å². The highest BCUT2D eigenvalue weighted by Gasteiger charge is 2.04. The summed E-state index contributed by atoms with van der Waals surface area (Å²) in [6, 6.07) is 0. The van der Waals surface area contributed by atoms with Gasteiger partial charge >= 0.3 is 11.9 Å². The molecule has 0 saturated heterocycles. The van der Waals surface area contributed by atoms with Gasteiger partial charge in [-0.3, -0.25) is 9.59 Å². The first kappa shape index (κ1) is 30.2. The summed E-state index contributed by atoms with van der Waals surface area (Å²) in [7, 11) is 0. The summed E-state index contributed by atoms with van der Waals surface area (Å²) < 4.78 is 0. The van der Waals surface area contributed by atoms with E-state index in [1.165, 1.54) is 22.7 Å². The summed E-state index contributed by atoms with van der Waals surface area (Å²) in [4.78, 5) is 19.5. The first-order valence-electron chi connectivity index (χ1n) is 7.14. The number of carbonyl (C=O) groups is 2. The fourth-order valence-corrected chi connectivity index (χ4v) is 3.90. The van der Waals surface area contributed by atoms with E-state index in [0.29, 0.717) is 10.3 Å². The molecule has 0 aliphatic rings. The fourth-order valence-electron chi connectivity index (χ4n) is 1.10. The van der Waals surface area contributed by atoms with Crippen molar-refractivity contribution >= 4 is 85.7 Å². The van der Waals surface area contributed by atoms with Gasteiger partial charge in [-0.05, 0) is 12.2 Å². The molecule has 170 valence electrons. The summed E-state index contributed by atoms with van der Waals surface area (Å²) in [5, 5.41) is 34.3. The quantitative estimate of drug-likeness (QED) is 0.140. The number of carboxylic acid groups (broad SMARTS) is 2. The molecule has 0 aliphatic carbocycles. The van der Waals surface area contributed by atoms with E-state index in [1.54, 1.807) is 11.8 Å². The molecule has 30 heavy (non-hydrogen) atoms. The van der Waals surface area contributed by atoms with Crippen LogP contribution in [-0.4, -0.2) is 59.2 Å². The molecule has 2 aromatic heterocycles. The number of nitrogen functional groups attached to an aromatic ring is 2. The van der Waals surface area contributed by atoms with Crippen molar-refractivity contribution in [2.24, 2.45) is 11.6 Å². The van der Waals surface area contributed by atoms with Crippen molar-refractivity contribution in [3.8, 4) is 0 Å². The van der Waals surface area contributed by atoms with Gasteiger partial charge in [-0.15, -0.1) is 43.9 Å². The summed E-state index contributed by atoms with van der Waals surface area (Å²) >= 11 is 9.61. The van der Waals surface area contributed by atoms with Crippen LogP contribution in [0.5, 0.6) is 0 Å². The van der Waals surface area contributed by atoms with Crippen LogP contribution in [0, 0.1) is 0 Å². The Morgan fingerprint density at radius 1 is 0.933 bits per heavy atom. The highest BCUT2D eigenvalue weighted by molar-refractivity contribution is 8.00. The second kappa shape index (κ2) is 17.8. The molecule has 0 bridgehead atoms. The molecule has 0 spiro atoms. The Balaban J connectivity index is 0. The number of carboxylic acids is 2. The molecular formula is C12H23N9O4S5. The molecule has 11 N–H and O–H groups in total. The molecule has 18 heteroatoms. The van der Waals surface area contributed by atoms with Crippen LogP contribution in [0.2, 0.25) is 0 Å². The highest BCUT2D eigenvalue weighted by Crippen LogP contribution is 2.23. The van der Waals surface area contributed by atoms with Gasteiger partial charge < -0.3 is 32.8 Å². The lowest BCUT2D eigenvalue weighted by Crippen LogP contribution is -2.34. The van der Waals surface area contributed by atoms with E-state index in [4.69, 9.17) is 27.4 Å². The van der Waals surface area contributed by atoms with E-state index >= 15 is 0 Å². The van der Waals surface area contributed by atoms with Crippen molar-refractivity contribution in [2.45, 2.75) is 18.9 Å². The topological polar surface area (TPSA) is 242 Å². The molecule has 0 atom stereocenters. The lowest BCUT2D eigenvalue weighted by molar-refractivity contribution is -0.134. The lowest BCUT2D eigenvalue weighted by atomic mass is 10.8. The standard InChI is InChI=1S/C6H8N6S3.C4H6O4S.CH5N3S.CH4/c7-5-11-9-3(14-5)1-13-2-4-10-12-6(8)15-4;5-3(6)1-9-2-4(7)8;2-1(5)4-3;/h1-2H2,(H2,7,11)(H2,8,12);1-2H2,(H,5,6)(H,7,8);3H2,(H3,2,4,5);1H4. The number of nitrogens with zero attached hydrogens (tertiary/aromatic N) is 4. The molecule has 0 amide bonds. The van der Waals surface area contributed by atoms with Crippen LogP contribution >= 0.6 is 58.4 Å². The number of hydrazine groups is 1. The third-order valence-electron chi connectivity index (χ3n) is 2.01. The van der Waals surface area contributed by atoms with Gasteiger partial charge in [0.15, 0.2) is 5.11 Å². The monoisotopic (exact) mass is 517 g/mol. The van der Waals surface area contributed by atoms with Crippen LogP contribution in [0.3, 0.4) is 0 Å². The van der Waals surface area contributed by atoms with Crippen LogP contribution in [0.25, 0.3) is 0 Å². The number of hydrogen-bond donors (Lipinski definition) is 7. The number of nitrogens with one attached hydrogen (secondary N) is 1. The van der Waals surface area contributed by atoms with E-state index in [1.807, 2.05) is 5.43 Å². The molecule has 13 nitrogen and oxygen atoms in total. The molecule has 0 saturated carbocycles. The second-order valence-electron chi connectivity index (χ2n) is 4.35. The van der Waals surface area contributed by atoms with Crippen molar-refractivity contribution in [3.05, 3.63) is 10.0 Å². The smallest absolute Gasteiger partial charge is 0.313 e. The van der Waals surface area contributed by atoms with Gasteiger partial charge in [0.2, 0.25) is 10.3 Å². The molecule has 2 heterocycles. The first-order valence-corrected chi connectivity index (χ1v) is 11.5. The van der Waals surface area contributed by atoms with Crippen LogP contribution in [0.1, 0.15) is 17.4 Å². The lowest BCUT2D eigenvalue weighted by Gasteiger charge is -1.92. The zero-order valence-electron chi connectivity index (χ0n) is 14.7. The molecule has 2 aromatic rings. The number of anilines is 2. The van der Waals surface area contributed by atoms with E-state index < -0.39 is 11.9 Å². The molecular weight excluding hydrogens is 495 g/mol. The average Bonchev–Trinajstić information content (AvgIpc) is 3.23. The Morgan fingerprint density at radius 3 is 1.53 bits per heavy atom. The molecule has 2 rings (SSSR count). The minimum Gasteiger partial charge on any atom is -0.481 e. The summed E-state index contributed by atoms with van der Waals surface area (Å²) in [6.45, 7) is 0. The Labute approximate surface area is 194 Å². The number of thioether (sulfide) groups is 2. The molecule has 0 fully saturated rings. The van der Waals surface area contributed by atoms with Crippen molar-refractivity contribution in [1.82, 2.24) is 25.8 Å². The van der Waals surface area contributed by atoms with Gasteiger partial charge in [0.1, 0.15) is 10.0 Å². The normalized spacial score (nSPS) is 9.10. The van der Waals surface area contributed by atoms with Gasteiger partial charge in [-0.1, -0.05) is 30.1 Å². The maximum Gasteiger partial charge on any atom is 0.313 e. The van der Waals surface area contributed by atoms with E-state index in [9.17, 15) is 9.59 Å². The Bertz CT molecular complexity index is 719. The Hall–Kier alpha value is -1.99. The summed E-state index contributed by atoms with van der Waals surface area (Å²) in [5.41, 5.74) is 17.8. The number of aromatic nitrogens is 4. The van der Waals surface area contributed by atoms with Crippen LogP contribution in [0.15, 0.2) is 0 Å². The van der Waals surface area contributed by atoms with Crippen molar-refractivity contribution in [1.29, 1.82) is 0 Å². The Morgan fingerprint density at radius 2 is 1.30 bits per heavy atom. The average molecular weight is 518 g/mol. The third kappa shape index (κ3) is 18.1. The van der Waals surface area contributed by atoms with Gasteiger partial charge in [-0.2, -0.15) is 0 Å². The largest absolute Gasteiger partial charge is 0.481 e. The van der Waals surface area contributed by atoms with Crippen molar-refractivity contribution < 1.29 is 19.8 Å². The number of rotatable bonds is 8. The van der Waals surface area contributed by atoms with Crippen LogP contribution in [0.4, 0.5) is 10.3 Å². The van der Waals surface area contributed by atoms with E-state index in [-0.39, 0.29) is 24.0 Å². The van der Waals surface area contributed by atoms with Crippen molar-refractivity contribution in [3.63, 3.8) is 0 Å².